The summed E-state index contributed by atoms with van der Waals surface area (Å²) >= 11 is 0. The maximum Gasteiger partial charge on any atom is 0.254 e. The molecule has 0 radical (unpaired) electrons. The summed E-state index contributed by atoms with van der Waals surface area (Å²) < 4.78 is 5.70. The van der Waals surface area contributed by atoms with Gasteiger partial charge in [0, 0.05) is 36.9 Å². The van der Waals surface area contributed by atoms with Crippen molar-refractivity contribution in [3.63, 3.8) is 0 Å². The molecule has 0 bridgehead atoms. The number of halogens is 2. The second kappa shape index (κ2) is 9.61. The molecule has 2 atom stereocenters. The van der Waals surface area contributed by atoms with Gasteiger partial charge in [-0.25, -0.2) is 0 Å². The highest BCUT2D eigenvalue weighted by atomic mass is 35.5. The molecule has 136 valence electrons. The third-order valence-electron chi connectivity index (χ3n) is 4.27. The van der Waals surface area contributed by atoms with Crippen molar-refractivity contribution in [2.24, 2.45) is 0 Å². The number of nitrogens with zero attached hydrogens (tertiary/aromatic N) is 2. The molecule has 1 aliphatic rings. The molecule has 7 heteroatoms. The minimum atomic E-state index is 0. The lowest BCUT2D eigenvalue weighted by molar-refractivity contribution is 0.0603. The van der Waals surface area contributed by atoms with E-state index >= 15 is 0 Å². The molecule has 25 heavy (non-hydrogen) atoms. The average molecular weight is 384 g/mol. The lowest BCUT2D eigenvalue weighted by Crippen LogP contribution is -2.57. The van der Waals surface area contributed by atoms with Gasteiger partial charge in [-0.1, -0.05) is 0 Å². The molecule has 1 amide bonds. The van der Waals surface area contributed by atoms with E-state index in [0.717, 1.165) is 13.1 Å². The Bertz CT molecular complexity index is 668. The molecule has 1 fully saturated rings. The molecule has 2 aromatic rings. The Labute approximate surface area is 160 Å². The fraction of sp³-hybridized carbons (Fsp3) is 0.333. The summed E-state index contributed by atoms with van der Waals surface area (Å²) in [5.41, 5.74) is 0.685. The first kappa shape index (κ1) is 21.2. The normalized spacial score (nSPS) is 19.4. The second-order valence-corrected chi connectivity index (χ2v) is 5.80. The summed E-state index contributed by atoms with van der Waals surface area (Å²) in [4.78, 5) is 18.6. The van der Waals surface area contributed by atoms with E-state index in [0.29, 0.717) is 23.1 Å². The van der Waals surface area contributed by atoms with Gasteiger partial charge < -0.3 is 15.0 Å². The quantitative estimate of drug-likeness (QED) is 0.880. The van der Waals surface area contributed by atoms with Crippen LogP contribution in [-0.4, -0.2) is 41.0 Å². The fourth-order valence-electron chi connectivity index (χ4n) is 2.72. The summed E-state index contributed by atoms with van der Waals surface area (Å²) in [7, 11) is 0. The van der Waals surface area contributed by atoms with E-state index in [-0.39, 0.29) is 36.8 Å². The summed E-state index contributed by atoms with van der Waals surface area (Å²) in [6, 6.07) is 11.4. The second-order valence-electron chi connectivity index (χ2n) is 5.80. The van der Waals surface area contributed by atoms with Gasteiger partial charge in [-0.2, -0.15) is 0 Å². The lowest BCUT2D eigenvalue weighted by atomic mass is 10.1. The number of piperazine rings is 1. The molecule has 1 saturated heterocycles. The van der Waals surface area contributed by atoms with Gasteiger partial charge in [0.15, 0.2) is 0 Å². The van der Waals surface area contributed by atoms with E-state index in [1.165, 1.54) is 0 Å². The molecule has 1 aliphatic heterocycles. The first-order valence-electron chi connectivity index (χ1n) is 7.87. The van der Waals surface area contributed by atoms with Crippen molar-refractivity contribution < 1.29 is 9.53 Å². The van der Waals surface area contributed by atoms with Gasteiger partial charge in [0.05, 0.1) is 6.20 Å². The summed E-state index contributed by atoms with van der Waals surface area (Å²) in [6.45, 7) is 5.75. The number of amides is 1. The number of carbonyl (C=O) groups is 1. The molecule has 0 spiro atoms. The van der Waals surface area contributed by atoms with Crippen LogP contribution in [0.3, 0.4) is 0 Å². The standard InChI is InChI=1S/C18H21N3O2.2ClH/c1-13-14(2)21(11-10-20-13)18(22)15-5-7-16(8-6-15)23-17-4-3-9-19-12-17;;/h3-9,12-14,20H,10-11H2,1-2H3;2*1H. The van der Waals surface area contributed by atoms with Crippen LogP contribution in [0.2, 0.25) is 0 Å². The predicted octanol–water partition coefficient (Wildman–Crippen LogP) is 3.54. The summed E-state index contributed by atoms with van der Waals surface area (Å²) in [5.74, 6) is 1.44. The molecule has 3 rings (SSSR count). The number of benzene rings is 1. The minimum absolute atomic E-state index is 0. The van der Waals surface area contributed by atoms with Gasteiger partial charge >= 0.3 is 0 Å². The Balaban J connectivity index is 0.00000156. The zero-order valence-corrected chi connectivity index (χ0v) is 15.8. The topological polar surface area (TPSA) is 54.5 Å². The van der Waals surface area contributed by atoms with E-state index in [1.807, 2.05) is 41.3 Å². The Morgan fingerprint density at radius 2 is 1.88 bits per heavy atom. The number of ether oxygens (including phenoxy) is 1. The van der Waals surface area contributed by atoms with Crippen LogP contribution in [0.5, 0.6) is 11.5 Å². The smallest absolute Gasteiger partial charge is 0.254 e. The molecule has 2 unspecified atom stereocenters. The molecule has 1 aromatic heterocycles. The van der Waals surface area contributed by atoms with Crippen LogP contribution < -0.4 is 10.1 Å². The lowest BCUT2D eigenvalue weighted by Gasteiger charge is -2.38. The van der Waals surface area contributed by atoms with Crippen molar-refractivity contribution in [1.82, 2.24) is 15.2 Å². The Hall–Kier alpha value is -1.82. The summed E-state index contributed by atoms with van der Waals surface area (Å²) in [5, 5.41) is 3.38. The van der Waals surface area contributed by atoms with E-state index < -0.39 is 0 Å². The maximum atomic E-state index is 12.7. The SMILES string of the molecule is CC1NCCN(C(=O)c2ccc(Oc3cccnc3)cc2)C1C.Cl.Cl. The van der Waals surface area contributed by atoms with Crippen molar-refractivity contribution in [1.29, 1.82) is 0 Å². The van der Waals surface area contributed by atoms with Crippen LogP contribution in [0.15, 0.2) is 48.8 Å². The van der Waals surface area contributed by atoms with Gasteiger partial charge in [0.25, 0.3) is 5.91 Å². The molecule has 2 heterocycles. The molecule has 1 aromatic carbocycles. The molecule has 0 saturated carbocycles. The highest BCUT2D eigenvalue weighted by Gasteiger charge is 2.28. The largest absolute Gasteiger partial charge is 0.456 e. The van der Waals surface area contributed by atoms with Crippen molar-refractivity contribution in [2.45, 2.75) is 25.9 Å². The molecule has 5 nitrogen and oxygen atoms in total. The zero-order chi connectivity index (χ0) is 16.2. The fourth-order valence-corrected chi connectivity index (χ4v) is 2.72. The van der Waals surface area contributed by atoms with Crippen LogP contribution in [0.4, 0.5) is 0 Å². The predicted molar refractivity (Wildman–Crippen MR) is 103 cm³/mol. The van der Waals surface area contributed by atoms with Crippen molar-refractivity contribution in [3.8, 4) is 11.5 Å². The summed E-state index contributed by atoms with van der Waals surface area (Å²) in [6.07, 6.45) is 3.35. The minimum Gasteiger partial charge on any atom is -0.456 e. The highest BCUT2D eigenvalue weighted by Crippen LogP contribution is 2.21. The number of nitrogens with one attached hydrogen (secondary N) is 1. The number of aromatic nitrogens is 1. The van der Waals surface area contributed by atoms with Gasteiger partial charge in [-0.15, -0.1) is 24.8 Å². The number of hydrogen-bond donors (Lipinski definition) is 1. The Morgan fingerprint density at radius 3 is 2.52 bits per heavy atom. The Kier molecular flexibility index (Phi) is 8.16. The number of rotatable bonds is 3. The van der Waals surface area contributed by atoms with Crippen molar-refractivity contribution in [2.75, 3.05) is 13.1 Å². The Morgan fingerprint density at radius 1 is 1.16 bits per heavy atom. The van der Waals surface area contributed by atoms with Crippen LogP contribution in [0.1, 0.15) is 24.2 Å². The average Bonchev–Trinajstić information content (AvgIpc) is 2.58. The van der Waals surface area contributed by atoms with E-state index in [2.05, 4.69) is 24.1 Å². The van der Waals surface area contributed by atoms with Gasteiger partial charge in [-0.05, 0) is 50.2 Å². The van der Waals surface area contributed by atoms with E-state index in [1.54, 1.807) is 12.4 Å². The van der Waals surface area contributed by atoms with Crippen LogP contribution in [-0.2, 0) is 0 Å². The van der Waals surface area contributed by atoms with Crippen LogP contribution >= 0.6 is 24.8 Å². The molecular weight excluding hydrogens is 361 g/mol. The van der Waals surface area contributed by atoms with Gasteiger partial charge in [0.1, 0.15) is 11.5 Å². The highest BCUT2D eigenvalue weighted by molar-refractivity contribution is 5.94. The van der Waals surface area contributed by atoms with Gasteiger partial charge in [0.2, 0.25) is 0 Å². The number of pyridine rings is 1. The first-order chi connectivity index (χ1) is 11.1. The number of carbonyl (C=O) groups excluding carboxylic acids is 1. The van der Waals surface area contributed by atoms with Crippen molar-refractivity contribution >= 4 is 30.7 Å². The molecular formula is C18H23Cl2N3O2. The molecule has 1 N–H and O–H groups in total. The van der Waals surface area contributed by atoms with Crippen LogP contribution in [0.25, 0.3) is 0 Å². The van der Waals surface area contributed by atoms with Crippen molar-refractivity contribution in [3.05, 3.63) is 54.4 Å². The monoisotopic (exact) mass is 383 g/mol. The number of hydrogen-bond acceptors (Lipinski definition) is 4. The van der Waals surface area contributed by atoms with E-state index in [4.69, 9.17) is 4.74 Å². The van der Waals surface area contributed by atoms with E-state index in [9.17, 15) is 4.79 Å². The zero-order valence-electron chi connectivity index (χ0n) is 14.2. The van der Waals surface area contributed by atoms with Crippen LogP contribution in [0, 0.1) is 0 Å². The third kappa shape index (κ3) is 5.08. The van der Waals surface area contributed by atoms with Gasteiger partial charge in [-0.3, -0.25) is 9.78 Å². The first-order valence-corrected chi connectivity index (χ1v) is 7.87. The maximum absolute atomic E-state index is 12.7. The molecule has 0 aliphatic carbocycles. The third-order valence-corrected chi connectivity index (χ3v) is 4.27.